The molecule has 0 saturated heterocycles. The van der Waals surface area contributed by atoms with Crippen LogP contribution in [0.4, 0.5) is 43.9 Å². The third-order valence-electron chi connectivity index (χ3n) is 5.10. The average molecular weight is 512 g/mol. The van der Waals surface area contributed by atoms with Gasteiger partial charge >= 0.3 is 0 Å². The first-order chi connectivity index (χ1) is 16.4. The molecule has 0 heterocycles. The van der Waals surface area contributed by atoms with Crippen molar-refractivity contribution < 1.29 is 58.1 Å². The molecule has 0 atom stereocenters. The minimum absolute atomic E-state index is 0.449. The molecule has 0 N–H and O–H groups in total. The number of rotatable bonds is 6. The topological polar surface area (TPSA) is 27.7 Å². The molecule has 3 nitrogen and oxygen atoms in total. The van der Waals surface area contributed by atoms with Crippen molar-refractivity contribution in [3.05, 3.63) is 70.3 Å². The summed E-state index contributed by atoms with van der Waals surface area (Å²) < 4.78 is 160. The summed E-state index contributed by atoms with van der Waals surface area (Å²) in [7, 11) is 2.08. The van der Waals surface area contributed by atoms with Crippen molar-refractivity contribution in [3.63, 3.8) is 0 Å². The lowest BCUT2D eigenvalue weighted by Crippen LogP contribution is -2.59. The fourth-order valence-electron chi connectivity index (χ4n) is 3.53. The van der Waals surface area contributed by atoms with E-state index in [1.54, 1.807) is 0 Å². The molecule has 3 aromatic rings. The van der Waals surface area contributed by atoms with Crippen molar-refractivity contribution in [3.8, 4) is 17.2 Å². The third kappa shape index (κ3) is 3.90. The van der Waals surface area contributed by atoms with Gasteiger partial charge in [-0.05, 0) is 12.1 Å². The summed E-state index contributed by atoms with van der Waals surface area (Å²) in [5, 5.41) is 0. The van der Waals surface area contributed by atoms with Crippen LogP contribution in [0.1, 0.15) is 0 Å². The van der Waals surface area contributed by atoms with Gasteiger partial charge in [0.25, 0.3) is 6.71 Å². The van der Waals surface area contributed by atoms with E-state index < -0.39 is 98.5 Å². The molecule has 3 aromatic carbocycles. The second kappa shape index (κ2) is 9.58. The first-order valence-electron chi connectivity index (χ1n) is 9.25. The molecule has 0 bridgehead atoms. The molecule has 0 fully saturated rings. The average Bonchev–Trinajstić information content (AvgIpc) is 2.82. The minimum atomic E-state index is -3.06. The Hall–Kier alpha value is -3.58. The first-order valence-corrected chi connectivity index (χ1v) is 9.25. The van der Waals surface area contributed by atoms with Gasteiger partial charge in [0.2, 0.25) is 11.6 Å². The largest absolute Gasteiger partial charge is 0.494 e. The molecule has 0 amide bonds. The quantitative estimate of drug-likeness (QED) is 0.219. The highest BCUT2D eigenvalue weighted by Crippen LogP contribution is 2.29. The van der Waals surface area contributed by atoms with Gasteiger partial charge in [-0.1, -0.05) is 0 Å². The number of benzene rings is 3. The molecule has 0 aliphatic carbocycles. The van der Waals surface area contributed by atoms with Crippen LogP contribution in [0.25, 0.3) is 0 Å². The Kier molecular flexibility index (Phi) is 7.13. The molecular weight excluding hydrogens is 501 g/mol. The van der Waals surface area contributed by atoms with E-state index in [0.717, 1.165) is 7.11 Å². The maximum Gasteiger partial charge on any atom is 0.265 e. The van der Waals surface area contributed by atoms with Gasteiger partial charge in [0.15, 0.2) is 58.0 Å². The lowest BCUT2D eigenvalue weighted by atomic mass is 9.36. The van der Waals surface area contributed by atoms with Crippen molar-refractivity contribution in [2.45, 2.75) is 0 Å². The van der Waals surface area contributed by atoms with Crippen LogP contribution in [0.3, 0.4) is 0 Å². The van der Waals surface area contributed by atoms with E-state index in [9.17, 15) is 30.7 Å². The van der Waals surface area contributed by atoms with Crippen LogP contribution in [0.5, 0.6) is 17.2 Å². The van der Waals surface area contributed by atoms with Gasteiger partial charge in [-0.2, -0.15) is 8.78 Å². The Morgan fingerprint density at radius 2 is 0.886 bits per heavy atom. The summed E-state index contributed by atoms with van der Waals surface area (Å²) in [5.41, 5.74) is -5.36. The number of hydrogen-bond acceptors (Lipinski definition) is 3. The molecule has 0 radical (unpaired) electrons. The van der Waals surface area contributed by atoms with E-state index in [1.165, 1.54) is 0 Å². The van der Waals surface area contributed by atoms with Gasteiger partial charge in [0.05, 0.1) is 21.3 Å². The Morgan fingerprint density at radius 1 is 0.457 bits per heavy atom. The van der Waals surface area contributed by atoms with E-state index in [2.05, 4.69) is 14.2 Å². The van der Waals surface area contributed by atoms with Crippen LogP contribution >= 0.6 is 0 Å². The predicted molar refractivity (Wildman–Crippen MR) is 103 cm³/mol. The highest BCUT2D eigenvalue weighted by atomic mass is 19.2. The molecule has 0 aromatic heterocycles. The lowest BCUT2D eigenvalue weighted by Gasteiger charge is -2.22. The second-order valence-electron chi connectivity index (χ2n) is 6.82. The van der Waals surface area contributed by atoms with Gasteiger partial charge in [-0.3, -0.25) is 0 Å². The van der Waals surface area contributed by atoms with Crippen LogP contribution < -0.4 is 30.6 Å². The van der Waals surface area contributed by atoms with E-state index in [0.29, 0.717) is 26.4 Å². The fourth-order valence-corrected chi connectivity index (χ4v) is 3.53. The van der Waals surface area contributed by atoms with Crippen molar-refractivity contribution >= 4 is 23.1 Å². The first kappa shape index (κ1) is 26.0. The zero-order valence-corrected chi connectivity index (χ0v) is 17.7. The number of halogens is 10. The summed E-state index contributed by atoms with van der Waals surface area (Å²) in [6.07, 6.45) is 0. The molecule has 0 aliphatic heterocycles. The molecule has 0 spiro atoms. The van der Waals surface area contributed by atoms with Gasteiger partial charge in [0, 0.05) is 16.4 Å². The normalized spacial score (nSPS) is 11.0. The monoisotopic (exact) mass is 512 g/mol. The molecule has 35 heavy (non-hydrogen) atoms. The zero-order chi connectivity index (χ0) is 26.4. The summed E-state index contributed by atoms with van der Waals surface area (Å²) in [6, 6.07) is 1.13. The lowest BCUT2D eigenvalue weighted by molar-refractivity contribution is 0.337. The van der Waals surface area contributed by atoms with Gasteiger partial charge in [0.1, 0.15) is 5.82 Å². The number of hydrogen-bond donors (Lipinski definition) is 0. The Morgan fingerprint density at radius 3 is 1.26 bits per heavy atom. The molecule has 3 rings (SSSR count). The summed E-state index contributed by atoms with van der Waals surface area (Å²) >= 11 is 0. The van der Waals surface area contributed by atoms with Crippen LogP contribution in [-0.2, 0) is 0 Å². The van der Waals surface area contributed by atoms with Crippen LogP contribution in [0.15, 0.2) is 12.1 Å². The molecule has 0 saturated carbocycles. The van der Waals surface area contributed by atoms with Crippen molar-refractivity contribution in [2.24, 2.45) is 0 Å². The SMILES string of the molecule is COc1ccc(F)c(B(c2c(F)c(F)c(F)c(OC)c2F)c2c(F)c(F)c(F)c(OC)c2F)c1F. The summed E-state index contributed by atoms with van der Waals surface area (Å²) in [4.78, 5) is 0. The van der Waals surface area contributed by atoms with Crippen LogP contribution in [0.2, 0.25) is 0 Å². The van der Waals surface area contributed by atoms with E-state index in [1.807, 2.05) is 0 Å². The van der Waals surface area contributed by atoms with Crippen molar-refractivity contribution in [2.75, 3.05) is 21.3 Å². The Labute approximate surface area is 190 Å². The van der Waals surface area contributed by atoms with Gasteiger partial charge in [-0.15, -0.1) is 0 Å². The second-order valence-corrected chi connectivity index (χ2v) is 6.82. The maximum atomic E-state index is 15.2. The smallest absolute Gasteiger partial charge is 0.265 e. The molecule has 186 valence electrons. The third-order valence-corrected chi connectivity index (χ3v) is 5.10. The minimum Gasteiger partial charge on any atom is -0.494 e. The predicted octanol–water partition coefficient (Wildman–Crippen LogP) is 3.62. The van der Waals surface area contributed by atoms with Crippen LogP contribution in [-0.4, -0.2) is 28.0 Å². The Balaban J connectivity index is 2.65. The number of methoxy groups -OCH3 is 3. The number of ether oxygens (including phenoxy) is 3. The zero-order valence-electron chi connectivity index (χ0n) is 17.7. The highest BCUT2D eigenvalue weighted by molar-refractivity contribution is 6.96. The van der Waals surface area contributed by atoms with E-state index in [4.69, 9.17) is 0 Å². The summed E-state index contributed by atoms with van der Waals surface area (Å²) in [6.45, 7) is -3.06. The van der Waals surface area contributed by atoms with Gasteiger partial charge in [-0.25, -0.2) is 35.1 Å². The standard InChI is InChI=1S/C21H11BF10O3/c1-33-7-5-4-6(23)8(11(7)24)22(9-12(25)16(29)18(31)20(34-2)14(9)27)10-13(26)17(30)19(32)21(35-3)15(10)28/h4-5H,1-3H3. The van der Waals surface area contributed by atoms with Gasteiger partial charge < -0.3 is 14.2 Å². The molecule has 0 unspecified atom stereocenters. The Bertz CT molecular complexity index is 1260. The summed E-state index contributed by atoms with van der Waals surface area (Å²) in [5.74, 6) is -26.3. The highest BCUT2D eigenvalue weighted by Gasteiger charge is 2.43. The molecule has 0 aliphatic rings. The fraction of sp³-hybridized carbons (Fsp3) is 0.143. The van der Waals surface area contributed by atoms with E-state index >= 15 is 13.2 Å². The molecule has 14 heteroatoms. The van der Waals surface area contributed by atoms with Crippen LogP contribution in [0, 0.1) is 58.2 Å². The molecular formula is C21H11BF10O3. The van der Waals surface area contributed by atoms with Crippen molar-refractivity contribution in [1.29, 1.82) is 0 Å². The van der Waals surface area contributed by atoms with E-state index in [-0.39, 0.29) is 0 Å². The maximum absolute atomic E-state index is 15.2. The van der Waals surface area contributed by atoms with Crippen molar-refractivity contribution in [1.82, 2.24) is 0 Å².